The van der Waals surface area contributed by atoms with Gasteiger partial charge in [0.2, 0.25) is 0 Å². The predicted molar refractivity (Wildman–Crippen MR) is 94.2 cm³/mol. The smallest absolute Gasteiger partial charge is 0.258 e. The molecule has 0 fully saturated rings. The molecule has 0 radical (unpaired) electrons. The van der Waals surface area contributed by atoms with Gasteiger partial charge in [0.05, 0.1) is 5.69 Å². The zero-order valence-electron chi connectivity index (χ0n) is 12.9. The fraction of sp³-hybridized carbons (Fsp3) is 0.294. The number of fused-ring (bicyclic) bond motifs is 1. The molecular formula is C17H18N2OS2. The molecule has 0 saturated carbocycles. The molecule has 0 aliphatic heterocycles. The number of rotatable bonds is 4. The van der Waals surface area contributed by atoms with Crippen molar-refractivity contribution < 1.29 is 0 Å². The van der Waals surface area contributed by atoms with E-state index in [9.17, 15) is 4.79 Å². The van der Waals surface area contributed by atoms with Crippen molar-refractivity contribution in [3.8, 4) is 0 Å². The average molecular weight is 330 g/mol. The zero-order valence-corrected chi connectivity index (χ0v) is 14.5. The van der Waals surface area contributed by atoms with Crippen LogP contribution in [0.4, 0.5) is 0 Å². The molecule has 0 amide bonds. The van der Waals surface area contributed by atoms with E-state index in [1.54, 1.807) is 22.2 Å². The van der Waals surface area contributed by atoms with Crippen molar-refractivity contribution in [3.05, 3.63) is 63.0 Å². The highest BCUT2D eigenvalue weighted by molar-refractivity contribution is 7.98. The van der Waals surface area contributed by atoms with Gasteiger partial charge in [0.25, 0.3) is 5.56 Å². The van der Waals surface area contributed by atoms with Gasteiger partial charge in [-0.2, -0.15) is 0 Å². The van der Waals surface area contributed by atoms with Crippen molar-refractivity contribution in [2.24, 2.45) is 0 Å². The van der Waals surface area contributed by atoms with E-state index in [4.69, 9.17) is 0 Å². The molecule has 22 heavy (non-hydrogen) atoms. The molecule has 0 atom stereocenters. The summed E-state index contributed by atoms with van der Waals surface area (Å²) in [4.78, 5) is 18.7. The summed E-state index contributed by atoms with van der Waals surface area (Å²) >= 11 is 3.22. The van der Waals surface area contributed by atoms with Crippen LogP contribution in [0.3, 0.4) is 0 Å². The summed E-state index contributed by atoms with van der Waals surface area (Å²) in [5.74, 6) is 1.26. The van der Waals surface area contributed by atoms with Crippen LogP contribution >= 0.6 is 23.1 Å². The Kier molecular flexibility index (Phi) is 4.36. The topological polar surface area (TPSA) is 34.4 Å². The Morgan fingerprint density at radius 3 is 2.68 bits per heavy atom. The molecule has 0 bridgehead atoms. The standard InChI is InChI=1S/C17H18N2OS2/c1-11(2)13-4-6-15(7-5-13)21-10-14-8-16(20)19-12(3)9-22-17(19)18-14/h4-9,11H,10H2,1-3H3. The third kappa shape index (κ3) is 3.10. The Morgan fingerprint density at radius 2 is 2.00 bits per heavy atom. The molecular weight excluding hydrogens is 312 g/mol. The maximum Gasteiger partial charge on any atom is 0.258 e. The van der Waals surface area contributed by atoms with E-state index in [0.29, 0.717) is 11.7 Å². The fourth-order valence-electron chi connectivity index (χ4n) is 2.28. The van der Waals surface area contributed by atoms with Crippen LogP contribution in [0.5, 0.6) is 0 Å². The molecule has 0 spiro atoms. The van der Waals surface area contributed by atoms with Crippen molar-refractivity contribution in [1.29, 1.82) is 0 Å². The van der Waals surface area contributed by atoms with E-state index in [1.165, 1.54) is 21.8 Å². The molecule has 2 heterocycles. The molecule has 2 aromatic heterocycles. The lowest BCUT2D eigenvalue weighted by Crippen LogP contribution is -2.14. The van der Waals surface area contributed by atoms with Crippen molar-refractivity contribution >= 4 is 28.1 Å². The summed E-state index contributed by atoms with van der Waals surface area (Å²) < 4.78 is 1.66. The summed E-state index contributed by atoms with van der Waals surface area (Å²) in [5, 5.41) is 1.96. The third-order valence-corrected chi connectivity index (χ3v) is 5.55. The number of aryl methyl sites for hydroxylation is 1. The Hall–Kier alpha value is -1.59. The van der Waals surface area contributed by atoms with Gasteiger partial charge in [-0.15, -0.1) is 23.1 Å². The molecule has 3 aromatic rings. The van der Waals surface area contributed by atoms with Crippen molar-refractivity contribution in [2.75, 3.05) is 0 Å². The van der Waals surface area contributed by atoms with E-state index in [0.717, 1.165) is 16.3 Å². The fourth-order valence-corrected chi connectivity index (χ4v) is 3.96. The lowest BCUT2D eigenvalue weighted by molar-refractivity contribution is 0.865. The summed E-state index contributed by atoms with van der Waals surface area (Å²) in [6, 6.07) is 10.3. The van der Waals surface area contributed by atoms with Gasteiger partial charge >= 0.3 is 0 Å². The van der Waals surface area contributed by atoms with Crippen molar-refractivity contribution in [3.63, 3.8) is 0 Å². The van der Waals surface area contributed by atoms with Crippen LogP contribution < -0.4 is 5.56 Å². The van der Waals surface area contributed by atoms with Gasteiger partial charge in [-0.3, -0.25) is 9.20 Å². The number of benzene rings is 1. The molecule has 0 unspecified atom stereocenters. The largest absolute Gasteiger partial charge is 0.269 e. The van der Waals surface area contributed by atoms with E-state index in [2.05, 4.69) is 43.1 Å². The highest BCUT2D eigenvalue weighted by Crippen LogP contribution is 2.24. The Labute approximate surface area is 138 Å². The Bertz CT molecular complexity index is 847. The maximum atomic E-state index is 12.1. The SMILES string of the molecule is Cc1csc2nc(CSc3ccc(C(C)C)cc3)cc(=O)n12. The molecule has 0 N–H and O–H groups in total. The minimum Gasteiger partial charge on any atom is -0.269 e. The maximum absolute atomic E-state index is 12.1. The Morgan fingerprint density at radius 1 is 1.27 bits per heavy atom. The lowest BCUT2D eigenvalue weighted by Gasteiger charge is -2.06. The first-order valence-electron chi connectivity index (χ1n) is 7.24. The van der Waals surface area contributed by atoms with Crippen LogP contribution in [0.1, 0.15) is 36.7 Å². The first-order valence-corrected chi connectivity index (χ1v) is 9.10. The van der Waals surface area contributed by atoms with Crippen LogP contribution in [0.15, 0.2) is 45.4 Å². The van der Waals surface area contributed by atoms with Crippen LogP contribution in [-0.4, -0.2) is 9.38 Å². The van der Waals surface area contributed by atoms with Crippen molar-refractivity contribution in [2.45, 2.75) is 37.3 Å². The van der Waals surface area contributed by atoms with Gasteiger partial charge in [0.1, 0.15) is 0 Å². The van der Waals surface area contributed by atoms with Gasteiger partial charge in [-0.1, -0.05) is 26.0 Å². The second kappa shape index (κ2) is 6.26. The van der Waals surface area contributed by atoms with Gasteiger partial charge in [-0.05, 0) is 30.5 Å². The Balaban J connectivity index is 1.77. The first-order chi connectivity index (χ1) is 10.5. The number of hydrogen-bond donors (Lipinski definition) is 0. The van der Waals surface area contributed by atoms with Gasteiger partial charge < -0.3 is 0 Å². The van der Waals surface area contributed by atoms with E-state index >= 15 is 0 Å². The monoisotopic (exact) mass is 330 g/mol. The molecule has 5 heteroatoms. The predicted octanol–water partition coefficient (Wildman–Crippen LogP) is 4.48. The van der Waals surface area contributed by atoms with Gasteiger partial charge in [0, 0.05) is 27.8 Å². The number of aromatic nitrogens is 2. The van der Waals surface area contributed by atoms with E-state index < -0.39 is 0 Å². The first kappa shape index (κ1) is 15.3. The quantitative estimate of drug-likeness (QED) is 0.662. The molecule has 1 aromatic carbocycles. The van der Waals surface area contributed by atoms with Gasteiger partial charge in [-0.25, -0.2) is 4.98 Å². The molecule has 3 nitrogen and oxygen atoms in total. The van der Waals surface area contributed by atoms with Crippen LogP contribution in [0, 0.1) is 6.92 Å². The average Bonchev–Trinajstić information content (AvgIpc) is 2.87. The normalized spacial score (nSPS) is 11.5. The lowest BCUT2D eigenvalue weighted by atomic mass is 10.0. The molecule has 114 valence electrons. The number of thiazole rings is 1. The number of nitrogens with zero attached hydrogens (tertiary/aromatic N) is 2. The second-order valence-corrected chi connectivity index (χ2v) is 7.48. The molecule has 3 rings (SSSR count). The number of hydrogen-bond acceptors (Lipinski definition) is 4. The van der Waals surface area contributed by atoms with E-state index in [-0.39, 0.29) is 5.56 Å². The van der Waals surface area contributed by atoms with Crippen LogP contribution in [0.2, 0.25) is 0 Å². The van der Waals surface area contributed by atoms with Crippen LogP contribution in [0.25, 0.3) is 4.96 Å². The minimum atomic E-state index is 0.00880. The van der Waals surface area contributed by atoms with Gasteiger partial charge in [0.15, 0.2) is 4.96 Å². The molecule has 0 saturated heterocycles. The van der Waals surface area contributed by atoms with Crippen LogP contribution in [-0.2, 0) is 5.75 Å². The molecule has 0 aliphatic carbocycles. The highest BCUT2D eigenvalue weighted by Gasteiger charge is 2.07. The summed E-state index contributed by atoms with van der Waals surface area (Å²) in [5.41, 5.74) is 3.14. The second-order valence-electron chi connectivity index (χ2n) is 5.59. The third-order valence-electron chi connectivity index (χ3n) is 3.56. The molecule has 0 aliphatic rings. The summed E-state index contributed by atoms with van der Waals surface area (Å²) in [6.45, 7) is 6.31. The zero-order chi connectivity index (χ0) is 15.7. The summed E-state index contributed by atoms with van der Waals surface area (Å²) in [6.07, 6.45) is 0. The summed E-state index contributed by atoms with van der Waals surface area (Å²) in [7, 11) is 0. The van der Waals surface area contributed by atoms with E-state index in [1.807, 2.05) is 12.3 Å². The van der Waals surface area contributed by atoms with Crippen molar-refractivity contribution in [1.82, 2.24) is 9.38 Å². The highest BCUT2D eigenvalue weighted by atomic mass is 32.2. The minimum absolute atomic E-state index is 0.00880. The number of thioether (sulfide) groups is 1.